The molecule has 8 nitrogen and oxygen atoms in total. The summed E-state index contributed by atoms with van der Waals surface area (Å²) in [6, 6.07) is 12.8. The average Bonchev–Trinajstić information content (AvgIpc) is 3.49. The molecule has 202 valence electrons. The predicted octanol–water partition coefficient (Wildman–Crippen LogP) is 1.90. The molecule has 2 fully saturated rings. The number of rotatable bonds is 9. The van der Waals surface area contributed by atoms with E-state index in [0.29, 0.717) is 11.1 Å². The maximum absolute atomic E-state index is 14.9. The lowest BCUT2D eigenvalue weighted by atomic mass is 9.96. The smallest absolute Gasteiger partial charge is 0.243 e. The number of nitrogens with zero attached hydrogens (tertiary/aromatic N) is 3. The molecule has 5 rings (SSSR count). The molecule has 1 aliphatic carbocycles. The van der Waals surface area contributed by atoms with Crippen LogP contribution in [0.5, 0.6) is 0 Å². The summed E-state index contributed by atoms with van der Waals surface area (Å²) in [5.41, 5.74) is 7.01. The van der Waals surface area contributed by atoms with E-state index in [2.05, 4.69) is 10.7 Å². The van der Waals surface area contributed by atoms with Crippen molar-refractivity contribution in [1.29, 1.82) is 0 Å². The third-order valence-electron chi connectivity index (χ3n) is 7.48. The van der Waals surface area contributed by atoms with Crippen molar-refractivity contribution >= 4 is 11.8 Å². The zero-order valence-electron chi connectivity index (χ0n) is 21.7. The normalized spacial score (nSPS) is 21.6. The van der Waals surface area contributed by atoms with Crippen molar-refractivity contribution in [3.63, 3.8) is 0 Å². The van der Waals surface area contributed by atoms with E-state index in [1.165, 1.54) is 11.0 Å². The van der Waals surface area contributed by atoms with Gasteiger partial charge in [-0.2, -0.15) is 5.43 Å². The Bertz CT molecular complexity index is 1210. The number of hydrogen-bond donors (Lipinski definition) is 3. The quantitative estimate of drug-likeness (QED) is 0.436. The third kappa shape index (κ3) is 5.60. The molecule has 0 spiro atoms. The number of carbonyl (C=O) groups is 2. The number of quaternary nitrogens is 1. The monoisotopic (exact) mass is 525 g/mol. The van der Waals surface area contributed by atoms with Crippen molar-refractivity contribution in [2.45, 2.75) is 50.4 Å². The number of carbonyl (C=O) groups excluding carboxylic acids is 2. The standard InChI is InChI=1S/C28H34F2N6O2/c1-3-35-16-25(32-33-35)34(2)17-26(37)36-15-21(29)14-24(36)28(38)31-27(19-7-5-4-6-8-19)20-11-12-22(18-9-10-18)23(30)13-20/h4-8,11-13,16,18,21,24,27,32-33H,3,9-10,14-15,17H2,1-2H3,(H,31,38)/p+1/t21-,24+,27+/m1/s1. The molecule has 2 aliphatic heterocycles. The highest BCUT2D eigenvalue weighted by Gasteiger charge is 2.41. The minimum atomic E-state index is -1.29. The van der Waals surface area contributed by atoms with E-state index >= 15 is 0 Å². The summed E-state index contributed by atoms with van der Waals surface area (Å²) in [5.74, 6) is -0.0482. The number of nitrogens with two attached hydrogens (primary N) is 1. The van der Waals surface area contributed by atoms with Crippen molar-refractivity contribution in [1.82, 2.24) is 25.6 Å². The van der Waals surface area contributed by atoms with Crippen LogP contribution in [0.4, 0.5) is 8.78 Å². The largest absolute Gasteiger partial charge is 0.347 e. The second-order valence-corrected chi connectivity index (χ2v) is 10.3. The number of benzene rings is 2. The van der Waals surface area contributed by atoms with Gasteiger partial charge in [-0.1, -0.05) is 42.5 Å². The van der Waals surface area contributed by atoms with Gasteiger partial charge >= 0.3 is 0 Å². The maximum atomic E-state index is 14.9. The van der Waals surface area contributed by atoms with Crippen LogP contribution in [0.3, 0.4) is 0 Å². The van der Waals surface area contributed by atoms with Gasteiger partial charge in [0.1, 0.15) is 18.0 Å². The highest BCUT2D eigenvalue weighted by atomic mass is 19.1. The first kappa shape index (κ1) is 26.0. The summed E-state index contributed by atoms with van der Waals surface area (Å²) in [5, 5.41) is 4.94. The van der Waals surface area contributed by atoms with Gasteiger partial charge in [-0.25, -0.2) is 13.8 Å². The molecule has 3 atom stereocenters. The fourth-order valence-electron chi connectivity index (χ4n) is 5.15. The summed E-state index contributed by atoms with van der Waals surface area (Å²) >= 11 is 0. The lowest BCUT2D eigenvalue weighted by Crippen LogP contribution is -2.97. The van der Waals surface area contributed by atoms with Gasteiger partial charge in [0, 0.05) is 13.5 Å². The van der Waals surface area contributed by atoms with Crippen molar-refractivity contribution in [3.05, 3.63) is 83.1 Å². The number of amides is 2. The van der Waals surface area contributed by atoms with Crippen molar-refractivity contribution in [2.75, 3.05) is 26.7 Å². The zero-order chi connectivity index (χ0) is 26.8. The number of alkyl halides is 1. The summed E-state index contributed by atoms with van der Waals surface area (Å²) in [6.07, 6.45) is 2.50. The molecule has 2 aromatic carbocycles. The van der Waals surface area contributed by atoms with E-state index in [1.807, 2.05) is 60.1 Å². The van der Waals surface area contributed by atoms with Crippen LogP contribution in [0, 0.1) is 5.82 Å². The molecule has 2 amide bonds. The van der Waals surface area contributed by atoms with E-state index < -0.39 is 24.2 Å². The average molecular weight is 526 g/mol. The van der Waals surface area contributed by atoms with Gasteiger partial charge in [-0.15, -0.1) is 5.53 Å². The van der Waals surface area contributed by atoms with Gasteiger partial charge in [0.05, 0.1) is 31.9 Å². The SMILES string of the molecule is CCN1C=C(N(C)CC(=O)N2C[C@H](F)C[C@H]2C(=O)N[C@@H](c2ccccc2)c2ccc(C3CC3)c(F)c2)N[NH2+]1. The van der Waals surface area contributed by atoms with Crippen LogP contribution in [-0.2, 0) is 9.59 Å². The Morgan fingerprint density at radius 1 is 1.18 bits per heavy atom. The molecule has 10 heteroatoms. The Kier molecular flexibility index (Phi) is 7.51. The van der Waals surface area contributed by atoms with Crippen LogP contribution >= 0.6 is 0 Å². The van der Waals surface area contributed by atoms with Gasteiger partial charge in [0.2, 0.25) is 11.8 Å². The fraction of sp³-hybridized carbons (Fsp3) is 0.429. The second-order valence-electron chi connectivity index (χ2n) is 10.3. The topological polar surface area (TPSA) is 84.5 Å². The van der Waals surface area contributed by atoms with Gasteiger partial charge in [-0.3, -0.25) is 9.59 Å². The lowest BCUT2D eigenvalue weighted by Gasteiger charge is -2.28. The van der Waals surface area contributed by atoms with Crippen LogP contribution in [0.15, 0.2) is 60.6 Å². The highest BCUT2D eigenvalue weighted by molar-refractivity contribution is 5.89. The highest BCUT2D eigenvalue weighted by Crippen LogP contribution is 2.42. The Hall–Kier alpha value is -3.66. The summed E-state index contributed by atoms with van der Waals surface area (Å²) in [4.78, 5) is 29.8. The minimum Gasteiger partial charge on any atom is -0.347 e. The van der Waals surface area contributed by atoms with Crippen LogP contribution < -0.4 is 16.3 Å². The molecule has 0 aromatic heterocycles. The van der Waals surface area contributed by atoms with E-state index in [4.69, 9.17) is 0 Å². The number of halogens is 2. The van der Waals surface area contributed by atoms with Crippen LogP contribution in [0.2, 0.25) is 0 Å². The molecule has 2 heterocycles. The molecule has 0 bridgehead atoms. The second kappa shape index (κ2) is 11.0. The Labute approximate surface area is 221 Å². The molecule has 3 aliphatic rings. The number of hydrogen-bond acceptors (Lipinski definition) is 5. The molecule has 1 saturated heterocycles. The fourth-order valence-corrected chi connectivity index (χ4v) is 5.15. The molecule has 4 N–H and O–H groups in total. The minimum absolute atomic E-state index is 0.00329. The molecular weight excluding hydrogens is 490 g/mol. The van der Waals surface area contributed by atoms with Gasteiger partial charge in [-0.05, 0) is 48.4 Å². The zero-order valence-corrected chi connectivity index (χ0v) is 21.7. The first-order valence-corrected chi connectivity index (χ1v) is 13.2. The number of likely N-dealkylation sites (N-methyl/N-ethyl adjacent to an activating group) is 1. The third-order valence-corrected chi connectivity index (χ3v) is 7.48. The molecule has 0 unspecified atom stereocenters. The van der Waals surface area contributed by atoms with Crippen LogP contribution in [-0.4, -0.2) is 65.5 Å². The first-order valence-electron chi connectivity index (χ1n) is 13.2. The Balaban J connectivity index is 1.33. The molecule has 38 heavy (non-hydrogen) atoms. The predicted molar refractivity (Wildman–Crippen MR) is 138 cm³/mol. The summed E-state index contributed by atoms with van der Waals surface area (Å²) < 4.78 is 29.5. The lowest BCUT2D eigenvalue weighted by molar-refractivity contribution is -0.823. The van der Waals surface area contributed by atoms with E-state index in [9.17, 15) is 18.4 Å². The number of likely N-dealkylation sites (tertiary alicyclic amines) is 1. The summed E-state index contributed by atoms with van der Waals surface area (Å²) in [6.45, 7) is 2.66. The van der Waals surface area contributed by atoms with E-state index in [1.54, 1.807) is 18.0 Å². The van der Waals surface area contributed by atoms with Gasteiger partial charge in [0.25, 0.3) is 0 Å². The Morgan fingerprint density at radius 2 is 1.95 bits per heavy atom. The Morgan fingerprint density at radius 3 is 2.61 bits per heavy atom. The van der Waals surface area contributed by atoms with Crippen LogP contribution in [0.1, 0.15) is 54.8 Å². The molecular formula is C28H35F2N6O2+. The first-order chi connectivity index (χ1) is 18.3. The van der Waals surface area contributed by atoms with Crippen molar-refractivity contribution < 1.29 is 23.9 Å². The van der Waals surface area contributed by atoms with Gasteiger partial charge in [0.15, 0.2) is 5.82 Å². The number of nitrogens with one attached hydrogen (secondary N) is 2. The van der Waals surface area contributed by atoms with Crippen LogP contribution in [0.25, 0.3) is 0 Å². The van der Waals surface area contributed by atoms with Crippen molar-refractivity contribution in [2.24, 2.45) is 0 Å². The molecule has 0 radical (unpaired) electrons. The molecule has 2 aromatic rings. The molecule has 1 saturated carbocycles. The maximum Gasteiger partial charge on any atom is 0.243 e. The van der Waals surface area contributed by atoms with Gasteiger partial charge < -0.3 is 15.1 Å². The van der Waals surface area contributed by atoms with E-state index in [-0.39, 0.29) is 37.2 Å². The van der Waals surface area contributed by atoms with E-state index in [0.717, 1.165) is 30.8 Å². The van der Waals surface area contributed by atoms with Crippen molar-refractivity contribution in [3.8, 4) is 0 Å². The summed E-state index contributed by atoms with van der Waals surface area (Å²) in [7, 11) is 1.77.